The van der Waals surface area contributed by atoms with Gasteiger partial charge in [0.05, 0.1) is 18.0 Å². The van der Waals surface area contributed by atoms with Crippen LogP contribution in [0.4, 0.5) is 5.69 Å². The summed E-state index contributed by atoms with van der Waals surface area (Å²) in [6, 6.07) is 65.4. The summed E-state index contributed by atoms with van der Waals surface area (Å²) in [5, 5.41) is 4.76. The predicted octanol–water partition coefficient (Wildman–Crippen LogP) is 13.3. The molecule has 9 rings (SSSR count). The summed E-state index contributed by atoms with van der Waals surface area (Å²) in [7, 11) is 0. The van der Waals surface area contributed by atoms with Gasteiger partial charge >= 0.3 is 0 Å². The fourth-order valence-corrected chi connectivity index (χ4v) is 7.13. The van der Waals surface area contributed by atoms with E-state index in [1.165, 1.54) is 32.7 Å². The van der Waals surface area contributed by atoms with Crippen molar-refractivity contribution in [1.29, 1.82) is 0 Å². The van der Waals surface area contributed by atoms with Gasteiger partial charge in [-0.25, -0.2) is 14.8 Å². The summed E-state index contributed by atoms with van der Waals surface area (Å²) in [5.41, 5.74) is 12.4. The molecular weight excluding hydrogens is 631 g/mol. The minimum absolute atomic E-state index is 0.641. The second-order valence-electron chi connectivity index (χ2n) is 12.9. The van der Waals surface area contributed by atoms with Gasteiger partial charge in [0.25, 0.3) is 0 Å². The molecule has 9 aromatic rings. The molecule has 0 N–H and O–H groups in total. The van der Waals surface area contributed by atoms with Gasteiger partial charge in [-0.05, 0) is 73.1 Å². The topological polar surface area (TPSA) is 30.1 Å². The van der Waals surface area contributed by atoms with Gasteiger partial charge in [-0.1, -0.05) is 170 Å². The van der Waals surface area contributed by atoms with Crippen molar-refractivity contribution in [2.45, 2.75) is 0 Å². The number of benzene rings is 8. The molecule has 3 nitrogen and oxygen atoms in total. The summed E-state index contributed by atoms with van der Waals surface area (Å²) < 4.78 is 0. The van der Waals surface area contributed by atoms with Crippen LogP contribution in [0.15, 0.2) is 188 Å². The first-order valence-corrected chi connectivity index (χ1v) is 17.4. The molecule has 0 amide bonds. The maximum absolute atomic E-state index is 7.42. The predicted molar refractivity (Wildman–Crippen MR) is 216 cm³/mol. The molecule has 8 aromatic carbocycles. The maximum Gasteiger partial charge on any atom is 0.187 e. The molecule has 0 saturated heterocycles. The molecule has 0 bridgehead atoms. The molecule has 0 radical (unpaired) electrons. The molecule has 0 aliphatic heterocycles. The van der Waals surface area contributed by atoms with E-state index in [1.54, 1.807) is 0 Å². The molecule has 0 aliphatic rings. The lowest BCUT2D eigenvalue weighted by atomic mass is 9.88. The van der Waals surface area contributed by atoms with Crippen LogP contribution in [0.5, 0.6) is 0 Å². The van der Waals surface area contributed by atoms with Crippen LogP contribution in [-0.4, -0.2) is 9.97 Å². The molecule has 0 saturated carbocycles. The number of nitrogens with zero attached hydrogens (tertiary/aromatic N) is 3. The van der Waals surface area contributed by atoms with Crippen molar-refractivity contribution in [3.63, 3.8) is 0 Å². The fraction of sp³-hybridized carbons (Fsp3) is 0. The van der Waals surface area contributed by atoms with Crippen molar-refractivity contribution in [3.8, 4) is 67.3 Å². The van der Waals surface area contributed by atoms with Crippen LogP contribution in [0.2, 0.25) is 0 Å². The third-order valence-corrected chi connectivity index (χ3v) is 9.70. The number of hydrogen-bond acceptors (Lipinski definition) is 2. The number of fused-ring (bicyclic) bond motifs is 2. The zero-order valence-corrected chi connectivity index (χ0v) is 28.2. The molecule has 0 unspecified atom stereocenters. The molecule has 0 aliphatic carbocycles. The van der Waals surface area contributed by atoms with Gasteiger partial charge in [0.1, 0.15) is 0 Å². The molecule has 0 spiro atoms. The van der Waals surface area contributed by atoms with E-state index in [4.69, 9.17) is 16.5 Å². The first kappa shape index (κ1) is 30.9. The van der Waals surface area contributed by atoms with Crippen molar-refractivity contribution >= 4 is 27.2 Å². The Kier molecular flexibility index (Phi) is 7.89. The van der Waals surface area contributed by atoms with Crippen molar-refractivity contribution < 1.29 is 0 Å². The van der Waals surface area contributed by atoms with Crippen molar-refractivity contribution in [1.82, 2.24) is 9.97 Å². The van der Waals surface area contributed by atoms with Gasteiger partial charge in [-0.15, -0.1) is 0 Å². The lowest BCUT2D eigenvalue weighted by Gasteiger charge is -2.16. The molecule has 0 atom stereocenters. The minimum atomic E-state index is 0.641. The Morgan fingerprint density at radius 1 is 0.365 bits per heavy atom. The van der Waals surface area contributed by atoms with Gasteiger partial charge < -0.3 is 0 Å². The van der Waals surface area contributed by atoms with Gasteiger partial charge in [-0.3, -0.25) is 0 Å². The Hall–Kier alpha value is -7.15. The van der Waals surface area contributed by atoms with E-state index >= 15 is 0 Å². The summed E-state index contributed by atoms with van der Waals surface area (Å²) in [6.45, 7) is 7.42. The molecule has 1 heterocycles. The van der Waals surface area contributed by atoms with Crippen LogP contribution < -0.4 is 0 Å². The average molecular weight is 662 g/mol. The lowest BCUT2D eigenvalue weighted by molar-refractivity contribution is 1.18. The van der Waals surface area contributed by atoms with E-state index < -0.39 is 0 Å². The van der Waals surface area contributed by atoms with Gasteiger partial charge in [0.2, 0.25) is 0 Å². The van der Waals surface area contributed by atoms with Crippen LogP contribution in [0.1, 0.15) is 0 Å². The first-order valence-electron chi connectivity index (χ1n) is 17.4. The largest absolute Gasteiger partial charge is 0.238 e. The highest BCUT2D eigenvalue weighted by Gasteiger charge is 2.15. The van der Waals surface area contributed by atoms with Crippen molar-refractivity contribution in [3.05, 3.63) is 199 Å². The summed E-state index contributed by atoms with van der Waals surface area (Å²) in [5.74, 6) is 0.705. The smallest absolute Gasteiger partial charge is 0.187 e. The second kappa shape index (κ2) is 13.3. The summed E-state index contributed by atoms with van der Waals surface area (Å²) in [4.78, 5) is 13.6. The Morgan fingerprint density at radius 2 is 0.885 bits per heavy atom. The normalized spacial score (nSPS) is 11.1. The number of aromatic nitrogens is 2. The molecule has 3 heteroatoms. The van der Waals surface area contributed by atoms with E-state index in [2.05, 4.69) is 144 Å². The second-order valence-corrected chi connectivity index (χ2v) is 12.9. The van der Waals surface area contributed by atoms with Crippen molar-refractivity contribution in [2.24, 2.45) is 0 Å². The SMILES string of the molecule is [C-]#[N+]c1ccc(-c2cc(-c3cccc4cccc(-c5ccc(-c6cc(-c7ccccc7)nc(-c7ccccc7)n6)cc5)c34)cc3ccccc23)cc1. The highest BCUT2D eigenvalue weighted by molar-refractivity contribution is 6.09. The molecule has 242 valence electrons. The summed E-state index contributed by atoms with van der Waals surface area (Å²) >= 11 is 0. The van der Waals surface area contributed by atoms with Gasteiger partial charge in [0.15, 0.2) is 11.5 Å². The zero-order chi connectivity index (χ0) is 34.9. The monoisotopic (exact) mass is 661 g/mol. The molecule has 52 heavy (non-hydrogen) atoms. The minimum Gasteiger partial charge on any atom is -0.238 e. The van der Waals surface area contributed by atoms with E-state index in [0.29, 0.717) is 11.5 Å². The van der Waals surface area contributed by atoms with E-state index in [0.717, 1.165) is 50.3 Å². The Morgan fingerprint density at radius 3 is 1.56 bits per heavy atom. The quantitative estimate of drug-likeness (QED) is 0.166. The summed E-state index contributed by atoms with van der Waals surface area (Å²) in [6.07, 6.45) is 0. The van der Waals surface area contributed by atoms with E-state index in [-0.39, 0.29) is 0 Å². The highest BCUT2D eigenvalue weighted by Crippen LogP contribution is 2.41. The molecule has 0 fully saturated rings. The average Bonchev–Trinajstić information content (AvgIpc) is 3.23. The Bertz CT molecular complexity index is 2700. The van der Waals surface area contributed by atoms with Crippen LogP contribution >= 0.6 is 0 Å². The van der Waals surface area contributed by atoms with E-state index in [9.17, 15) is 0 Å². The molecule has 1 aromatic heterocycles. The highest BCUT2D eigenvalue weighted by atomic mass is 14.9. The van der Waals surface area contributed by atoms with Gasteiger partial charge in [0, 0.05) is 16.7 Å². The van der Waals surface area contributed by atoms with Crippen LogP contribution in [0.3, 0.4) is 0 Å². The van der Waals surface area contributed by atoms with Crippen LogP contribution in [-0.2, 0) is 0 Å². The van der Waals surface area contributed by atoms with E-state index in [1.807, 2.05) is 48.5 Å². The Labute approximate surface area is 303 Å². The third-order valence-electron chi connectivity index (χ3n) is 9.70. The van der Waals surface area contributed by atoms with Crippen LogP contribution in [0.25, 0.3) is 93.7 Å². The molecular formula is C49H31N3. The number of hydrogen-bond donors (Lipinski definition) is 0. The maximum atomic E-state index is 7.42. The standard InChI is InChI=1S/C49H31N3/c1-50-41-28-26-34(27-29-41)45-31-40(30-39-16-8-9-19-42(39)45)44-21-11-18-37-17-10-20-43(48(37)44)33-22-24-36(25-23-33)47-32-46(35-12-4-2-5-13-35)51-49(52-47)38-14-6-3-7-15-38/h2-32H. The lowest BCUT2D eigenvalue weighted by Crippen LogP contribution is -1.95. The van der Waals surface area contributed by atoms with Gasteiger partial charge in [-0.2, -0.15) is 0 Å². The fourth-order valence-electron chi connectivity index (χ4n) is 7.13. The first-order chi connectivity index (χ1) is 25.7. The van der Waals surface area contributed by atoms with Crippen LogP contribution in [0, 0.1) is 6.57 Å². The Balaban J connectivity index is 1.16. The number of rotatable bonds is 6. The zero-order valence-electron chi connectivity index (χ0n) is 28.2. The van der Waals surface area contributed by atoms with Crippen molar-refractivity contribution in [2.75, 3.05) is 0 Å². The third kappa shape index (κ3) is 5.79.